The Labute approximate surface area is 121 Å². The van der Waals surface area contributed by atoms with Gasteiger partial charge in [-0.25, -0.2) is 0 Å². The van der Waals surface area contributed by atoms with E-state index in [2.05, 4.69) is 31.2 Å². The predicted molar refractivity (Wildman–Crippen MR) is 78.6 cm³/mol. The van der Waals surface area contributed by atoms with Crippen LogP contribution in [0, 0.1) is 12.3 Å². The van der Waals surface area contributed by atoms with Crippen molar-refractivity contribution in [3.63, 3.8) is 0 Å². The molecule has 1 saturated carbocycles. The van der Waals surface area contributed by atoms with Crippen molar-refractivity contribution in [2.24, 2.45) is 5.41 Å². The zero-order chi connectivity index (χ0) is 14.6. The average molecular weight is 276 g/mol. The Kier molecular flexibility index (Phi) is 4.81. The highest BCUT2D eigenvalue weighted by atomic mass is 16.5. The fourth-order valence-electron chi connectivity index (χ4n) is 3.27. The van der Waals surface area contributed by atoms with Crippen molar-refractivity contribution in [2.45, 2.75) is 45.6 Å². The number of carbonyl (C=O) groups excluding carboxylic acids is 1. The topological polar surface area (TPSA) is 35.5 Å². The Morgan fingerprint density at radius 3 is 2.65 bits per heavy atom. The number of carbonyl (C=O) groups is 1. The van der Waals surface area contributed by atoms with E-state index in [-0.39, 0.29) is 12.1 Å². The minimum atomic E-state index is -0.514. The summed E-state index contributed by atoms with van der Waals surface area (Å²) in [6.45, 7) is 4.68. The van der Waals surface area contributed by atoms with Crippen LogP contribution < -0.4 is 0 Å². The summed E-state index contributed by atoms with van der Waals surface area (Å²) < 4.78 is 10.9. The van der Waals surface area contributed by atoms with Crippen LogP contribution in [0.3, 0.4) is 0 Å². The summed E-state index contributed by atoms with van der Waals surface area (Å²) >= 11 is 0. The first-order chi connectivity index (χ1) is 9.62. The van der Waals surface area contributed by atoms with Gasteiger partial charge in [-0.2, -0.15) is 0 Å². The molecule has 2 unspecified atom stereocenters. The first kappa shape index (κ1) is 15.0. The Morgan fingerprint density at radius 1 is 1.35 bits per heavy atom. The molecule has 1 aliphatic carbocycles. The molecule has 0 amide bonds. The smallest absolute Gasteiger partial charge is 0.314 e. The van der Waals surface area contributed by atoms with Gasteiger partial charge in [0, 0.05) is 6.61 Å². The molecule has 0 N–H and O–H groups in total. The van der Waals surface area contributed by atoms with E-state index in [1.54, 1.807) is 0 Å². The molecule has 1 aromatic carbocycles. The maximum absolute atomic E-state index is 12.4. The lowest BCUT2D eigenvalue weighted by Crippen LogP contribution is -2.42. The maximum Gasteiger partial charge on any atom is 0.314 e. The van der Waals surface area contributed by atoms with Crippen molar-refractivity contribution in [3.05, 3.63) is 35.4 Å². The number of benzene rings is 1. The number of ether oxygens (including phenoxy) is 2. The lowest BCUT2D eigenvalue weighted by molar-refractivity contribution is -0.161. The zero-order valence-corrected chi connectivity index (χ0v) is 12.6. The van der Waals surface area contributed by atoms with Gasteiger partial charge < -0.3 is 9.47 Å². The standard InChI is InChI=1S/C17H24O3/c1-4-20-15-6-5-11-17(15,16(18)19-3)12-14-9-7-13(2)8-10-14/h7-10,15H,4-6,11-12H2,1-3H3. The van der Waals surface area contributed by atoms with Crippen molar-refractivity contribution in [1.29, 1.82) is 0 Å². The third-order valence-electron chi connectivity index (χ3n) is 4.31. The molecule has 0 saturated heterocycles. The van der Waals surface area contributed by atoms with E-state index < -0.39 is 5.41 Å². The van der Waals surface area contributed by atoms with Gasteiger partial charge in [0.2, 0.25) is 0 Å². The Hall–Kier alpha value is -1.35. The van der Waals surface area contributed by atoms with Crippen LogP contribution in [-0.4, -0.2) is 25.8 Å². The van der Waals surface area contributed by atoms with Crippen molar-refractivity contribution in [2.75, 3.05) is 13.7 Å². The summed E-state index contributed by atoms with van der Waals surface area (Å²) in [5, 5.41) is 0. The number of hydrogen-bond acceptors (Lipinski definition) is 3. The number of rotatable bonds is 5. The van der Waals surface area contributed by atoms with Crippen molar-refractivity contribution < 1.29 is 14.3 Å². The monoisotopic (exact) mass is 276 g/mol. The summed E-state index contributed by atoms with van der Waals surface area (Å²) in [7, 11) is 1.47. The second-order valence-electron chi connectivity index (χ2n) is 5.65. The van der Waals surface area contributed by atoms with E-state index in [0.29, 0.717) is 13.0 Å². The number of hydrogen-bond donors (Lipinski definition) is 0. The molecule has 110 valence electrons. The molecule has 0 heterocycles. The van der Waals surface area contributed by atoms with Crippen LogP contribution in [0.1, 0.15) is 37.3 Å². The lowest BCUT2D eigenvalue weighted by atomic mass is 9.78. The van der Waals surface area contributed by atoms with Gasteiger partial charge in [-0.1, -0.05) is 29.8 Å². The van der Waals surface area contributed by atoms with E-state index in [4.69, 9.17) is 9.47 Å². The fourth-order valence-corrected chi connectivity index (χ4v) is 3.27. The maximum atomic E-state index is 12.4. The molecule has 1 aliphatic rings. The summed E-state index contributed by atoms with van der Waals surface area (Å²) in [4.78, 5) is 12.4. The van der Waals surface area contributed by atoms with Gasteiger partial charge in [0.1, 0.15) is 0 Å². The molecule has 20 heavy (non-hydrogen) atoms. The Morgan fingerprint density at radius 2 is 2.05 bits per heavy atom. The Bertz CT molecular complexity index is 452. The molecule has 0 radical (unpaired) electrons. The fraction of sp³-hybridized carbons (Fsp3) is 0.588. The van der Waals surface area contributed by atoms with Crippen LogP contribution in [0.2, 0.25) is 0 Å². The number of aryl methyl sites for hydroxylation is 1. The van der Waals surface area contributed by atoms with Crippen LogP contribution in [0.25, 0.3) is 0 Å². The third-order valence-corrected chi connectivity index (χ3v) is 4.31. The van der Waals surface area contributed by atoms with Gasteiger partial charge in [0.15, 0.2) is 0 Å². The average Bonchev–Trinajstić information content (AvgIpc) is 2.85. The zero-order valence-electron chi connectivity index (χ0n) is 12.6. The van der Waals surface area contributed by atoms with E-state index in [1.807, 2.05) is 6.92 Å². The lowest BCUT2D eigenvalue weighted by Gasteiger charge is -2.32. The summed E-state index contributed by atoms with van der Waals surface area (Å²) in [5.41, 5.74) is 1.89. The van der Waals surface area contributed by atoms with E-state index in [0.717, 1.165) is 19.3 Å². The second kappa shape index (κ2) is 6.40. The van der Waals surface area contributed by atoms with Crippen LogP contribution in [0.5, 0.6) is 0 Å². The molecular formula is C17H24O3. The first-order valence-corrected chi connectivity index (χ1v) is 7.38. The van der Waals surface area contributed by atoms with Crippen LogP contribution in [0.15, 0.2) is 24.3 Å². The van der Waals surface area contributed by atoms with Crippen LogP contribution >= 0.6 is 0 Å². The van der Waals surface area contributed by atoms with Crippen molar-refractivity contribution >= 4 is 5.97 Å². The van der Waals surface area contributed by atoms with Gasteiger partial charge in [0.25, 0.3) is 0 Å². The van der Waals surface area contributed by atoms with Crippen LogP contribution in [0.4, 0.5) is 0 Å². The minimum absolute atomic E-state index is 0.0266. The highest BCUT2D eigenvalue weighted by Crippen LogP contribution is 2.44. The molecule has 1 fully saturated rings. The van der Waals surface area contributed by atoms with Crippen molar-refractivity contribution in [3.8, 4) is 0 Å². The van der Waals surface area contributed by atoms with Crippen molar-refractivity contribution in [1.82, 2.24) is 0 Å². The highest BCUT2D eigenvalue weighted by molar-refractivity contribution is 5.78. The molecule has 1 aromatic rings. The van der Waals surface area contributed by atoms with E-state index in [9.17, 15) is 4.79 Å². The SMILES string of the molecule is CCOC1CCCC1(Cc1ccc(C)cc1)C(=O)OC. The van der Waals surface area contributed by atoms with Crippen LogP contribution in [-0.2, 0) is 20.7 Å². The predicted octanol–water partition coefficient (Wildman–Crippen LogP) is 3.29. The van der Waals surface area contributed by atoms with E-state index in [1.165, 1.54) is 18.2 Å². The molecule has 2 atom stereocenters. The minimum Gasteiger partial charge on any atom is -0.469 e. The largest absolute Gasteiger partial charge is 0.469 e. The second-order valence-corrected chi connectivity index (χ2v) is 5.65. The number of methoxy groups -OCH3 is 1. The molecule has 2 rings (SSSR count). The molecule has 0 bridgehead atoms. The van der Waals surface area contributed by atoms with E-state index >= 15 is 0 Å². The molecule has 3 nitrogen and oxygen atoms in total. The van der Waals surface area contributed by atoms with Gasteiger partial charge in [-0.15, -0.1) is 0 Å². The molecule has 0 aromatic heterocycles. The number of esters is 1. The Balaban J connectivity index is 2.27. The highest BCUT2D eigenvalue weighted by Gasteiger charge is 2.50. The summed E-state index contributed by atoms with van der Waals surface area (Å²) in [6, 6.07) is 8.37. The normalized spacial score (nSPS) is 25.6. The molecule has 0 aliphatic heterocycles. The third kappa shape index (κ3) is 2.88. The molecule has 3 heteroatoms. The van der Waals surface area contributed by atoms with Gasteiger partial charge in [-0.05, 0) is 45.1 Å². The van der Waals surface area contributed by atoms with Gasteiger partial charge in [-0.3, -0.25) is 4.79 Å². The summed E-state index contributed by atoms with van der Waals surface area (Å²) in [6.07, 6.45) is 3.48. The molecule has 0 spiro atoms. The quantitative estimate of drug-likeness (QED) is 0.774. The molecular weight excluding hydrogens is 252 g/mol. The summed E-state index contributed by atoms with van der Waals surface area (Å²) in [5.74, 6) is -0.131. The first-order valence-electron chi connectivity index (χ1n) is 7.38. The van der Waals surface area contributed by atoms with Gasteiger partial charge >= 0.3 is 5.97 Å². The van der Waals surface area contributed by atoms with Gasteiger partial charge in [0.05, 0.1) is 18.6 Å².